The van der Waals surface area contributed by atoms with Gasteiger partial charge in [0.25, 0.3) is 0 Å². The highest BCUT2D eigenvalue weighted by molar-refractivity contribution is 7.92. The van der Waals surface area contributed by atoms with Gasteiger partial charge in [-0.25, -0.2) is 21.3 Å². The topological polar surface area (TPSA) is 203 Å². The standard InChI is InChI=1S/C41H40N4O10S3/c1-6-44(35-21-25(2)11-17-33(35)42-56(4,48)49)27-13-15-31-37(23-27)55-38-24-28(14-16-32(38)40(31)29-9-7-8-10-30(29)41(46)47)45(20-19-39(45)58(52,53)54)36-22-26(3)12-18-34(36)43-57(5,50)51/h7-18,21-24,39,42-43H,6,19-20H2,1-5H3/p+1. The Morgan fingerprint density at radius 3 is 2.10 bits per heavy atom. The largest absolute Gasteiger partial charge is 0.545 e. The summed E-state index contributed by atoms with van der Waals surface area (Å²) < 4.78 is 99.7. The lowest BCUT2D eigenvalue weighted by atomic mass is 9.90. The van der Waals surface area contributed by atoms with Gasteiger partial charge in [0.05, 0.1) is 37.5 Å². The zero-order chi connectivity index (χ0) is 41.9. The van der Waals surface area contributed by atoms with Gasteiger partial charge in [0.15, 0.2) is 5.69 Å². The van der Waals surface area contributed by atoms with E-state index in [0.717, 1.165) is 18.1 Å². The molecule has 0 saturated carbocycles. The second-order valence-electron chi connectivity index (χ2n) is 14.6. The number of sulfonamides is 2. The van der Waals surface area contributed by atoms with Crippen LogP contribution in [0.25, 0.3) is 33.4 Å². The predicted molar refractivity (Wildman–Crippen MR) is 224 cm³/mol. The summed E-state index contributed by atoms with van der Waals surface area (Å²) in [7, 11) is -12.2. The number of carboxylic acid groups (broad SMARTS) is 1. The van der Waals surface area contributed by atoms with Crippen LogP contribution in [0.15, 0.2) is 101 Å². The molecular formula is C41H41N4O10S3+. The number of nitrogens with one attached hydrogen (secondary N) is 2. The molecule has 1 aliphatic carbocycles. The lowest BCUT2D eigenvalue weighted by Gasteiger charge is -2.50. The van der Waals surface area contributed by atoms with E-state index in [1.807, 2.05) is 30.6 Å². The highest BCUT2D eigenvalue weighted by atomic mass is 32.2. The lowest BCUT2D eigenvalue weighted by molar-refractivity contribution is -0.254. The Kier molecular flexibility index (Phi) is 10.3. The Labute approximate surface area is 336 Å². The number of carboxylic acids is 1. The van der Waals surface area contributed by atoms with Gasteiger partial charge in [-0.2, -0.15) is 13.0 Å². The van der Waals surface area contributed by atoms with E-state index in [1.165, 1.54) is 6.07 Å². The number of carbonyl (C=O) groups is 1. The highest BCUT2D eigenvalue weighted by Crippen LogP contribution is 2.52. The van der Waals surface area contributed by atoms with Crippen molar-refractivity contribution in [2.45, 2.75) is 32.6 Å². The van der Waals surface area contributed by atoms with Crippen molar-refractivity contribution in [2.75, 3.05) is 35.0 Å². The Morgan fingerprint density at radius 2 is 1.48 bits per heavy atom. The minimum Gasteiger partial charge on any atom is -0.545 e. The number of quaternary nitrogens is 1. The average Bonchev–Trinajstić information content (AvgIpc) is 3.11. The average molecular weight is 846 g/mol. The van der Waals surface area contributed by atoms with Crippen LogP contribution in [0.3, 0.4) is 0 Å². The molecule has 0 bridgehead atoms. The molecule has 3 aliphatic rings. The monoisotopic (exact) mass is 845 g/mol. The van der Waals surface area contributed by atoms with Gasteiger partial charge in [-0.15, -0.1) is 0 Å². The molecule has 0 amide bonds. The number of aryl methyl sites for hydroxylation is 2. The summed E-state index contributed by atoms with van der Waals surface area (Å²) in [5, 5.41) is 12.2. The van der Waals surface area contributed by atoms with Crippen LogP contribution >= 0.6 is 0 Å². The smallest absolute Gasteiger partial charge is 0.320 e. The minimum absolute atomic E-state index is 0.0631. The first-order valence-electron chi connectivity index (χ1n) is 18.1. The number of benzene rings is 5. The third-order valence-corrected chi connectivity index (χ3v) is 12.8. The highest BCUT2D eigenvalue weighted by Gasteiger charge is 2.58. The Balaban J connectivity index is 1.58. The molecule has 0 aromatic heterocycles. The van der Waals surface area contributed by atoms with Gasteiger partial charge < -0.3 is 14.3 Å². The van der Waals surface area contributed by atoms with E-state index in [-0.39, 0.29) is 29.8 Å². The molecule has 2 unspecified atom stereocenters. The van der Waals surface area contributed by atoms with Crippen LogP contribution in [0.4, 0.5) is 28.4 Å². The second kappa shape index (κ2) is 14.7. The number of rotatable bonds is 11. The van der Waals surface area contributed by atoms with Gasteiger partial charge in [0.2, 0.25) is 36.5 Å². The summed E-state index contributed by atoms with van der Waals surface area (Å²) in [6, 6.07) is 27.0. The van der Waals surface area contributed by atoms with Crippen LogP contribution < -0.4 is 29.0 Å². The maximum absolute atomic E-state index is 13.1. The Bertz CT molecular complexity index is 3050. The molecule has 2 atom stereocenters. The fourth-order valence-electron chi connectivity index (χ4n) is 7.93. The fraction of sp³-hybridized carbons (Fsp3) is 0.220. The number of hydrogen-bond acceptors (Lipinski definition) is 9. The molecule has 0 radical (unpaired) electrons. The molecule has 1 saturated heterocycles. The third kappa shape index (κ3) is 7.58. The van der Waals surface area contributed by atoms with Gasteiger partial charge in [-0.05, 0) is 61.7 Å². The summed E-state index contributed by atoms with van der Waals surface area (Å²) in [6.07, 6.45) is 2.12. The number of aromatic carboxylic acids is 1. The van der Waals surface area contributed by atoms with Crippen molar-refractivity contribution in [3.8, 4) is 22.5 Å². The van der Waals surface area contributed by atoms with Gasteiger partial charge in [-0.1, -0.05) is 36.4 Å². The lowest BCUT2D eigenvalue weighted by Crippen LogP contribution is -2.66. The van der Waals surface area contributed by atoms with E-state index >= 15 is 0 Å². The minimum atomic E-state index is -4.72. The third-order valence-electron chi connectivity index (χ3n) is 10.4. The van der Waals surface area contributed by atoms with Gasteiger partial charge >= 0.3 is 10.1 Å². The van der Waals surface area contributed by atoms with Gasteiger partial charge in [0, 0.05) is 52.4 Å². The van der Waals surface area contributed by atoms with Crippen molar-refractivity contribution in [3.63, 3.8) is 0 Å². The van der Waals surface area contributed by atoms with E-state index in [9.17, 15) is 39.7 Å². The first kappa shape index (κ1) is 40.6. The molecule has 4 aromatic rings. The quantitative estimate of drug-likeness (QED) is 0.0664. The van der Waals surface area contributed by atoms with Crippen LogP contribution in [0, 0.1) is 13.8 Å². The summed E-state index contributed by atoms with van der Waals surface area (Å²) in [4.78, 5) is 12.5. The summed E-state index contributed by atoms with van der Waals surface area (Å²) in [6.45, 7) is 6.15. The Hall–Kier alpha value is -5.59. The second-order valence-corrected chi connectivity index (χ2v) is 19.6. The Morgan fingerprint density at radius 1 is 0.828 bits per heavy atom. The van der Waals surface area contributed by atoms with Crippen molar-refractivity contribution >= 4 is 75.5 Å². The van der Waals surface area contributed by atoms with Gasteiger partial charge in [-0.3, -0.25) is 14.0 Å². The normalized spacial score (nSPS) is 17.8. The summed E-state index contributed by atoms with van der Waals surface area (Å²) in [5.41, 5.74) is 4.82. The zero-order valence-corrected chi connectivity index (χ0v) is 34.6. The molecule has 14 nitrogen and oxygen atoms in total. The number of fused-ring (bicyclic) bond motifs is 2. The first-order valence-corrected chi connectivity index (χ1v) is 23.4. The molecule has 2 heterocycles. The van der Waals surface area contributed by atoms with E-state index in [0.29, 0.717) is 68.1 Å². The molecule has 7 rings (SSSR count). The van der Waals surface area contributed by atoms with Crippen LogP contribution in [0.2, 0.25) is 0 Å². The summed E-state index contributed by atoms with van der Waals surface area (Å²) in [5.74, 6) is -1.09. The van der Waals surface area contributed by atoms with Crippen molar-refractivity contribution in [3.05, 3.63) is 119 Å². The van der Waals surface area contributed by atoms with Crippen LogP contribution in [-0.2, 0) is 30.2 Å². The predicted octanol–water partition coefficient (Wildman–Crippen LogP) is 5.31. The molecule has 2 aliphatic heterocycles. The molecule has 0 spiro atoms. The molecule has 17 heteroatoms. The zero-order valence-electron chi connectivity index (χ0n) is 32.2. The van der Waals surface area contributed by atoms with Crippen molar-refractivity contribution in [1.82, 2.24) is 9.06 Å². The SMILES string of the molecule is CC[N+](c1cc(C)ccc1NS(C)(=O)=O)=c1ccc2c(-c3ccccc3C(=O)[O-])c3ccc([N+]4(c5cc(C)ccc5NS(C)(=O)=O)CCC4S(=O)(=O)O)cc3oc-2c1. The van der Waals surface area contributed by atoms with Gasteiger partial charge in [0.1, 0.15) is 35.0 Å². The molecule has 58 heavy (non-hydrogen) atoms. The summed E-state index contributed by atoms with van der Waals surface area (Å²) >= 11 is 0. The van der Waals surface area contributed by atoms with Crippen molar-refractivity contribution in [1.29, 1.82) is 0 Å². The van der Waals surface area contributed by atoms with E-state index < -0.39 is 46.0 Å². The van der Waals surface area contributed by atoms with E-state index in [4.69, 9.17) is 4.42 Å². The van der Waals surface area contributed by atoms with E-state index in [1.54, 1.807) is 85.8 Å². The first-order chi connectivity index (χ1) is 27.2. The molecular weight excluding hydrogens is 805 g/mol. The molecule has 302 valence electrons. The van der Waals surface area contributed by atoms with Crippen LogP contribution in [-0.4, -0.2) is 66.8 Å². The van der Waals surface area contributed by atoms with E-state index in [2.05, 4.69) is 9.44 Å². The number of hydrogen-bond donors (Lipinski definition) is 3. The maximum atomic E-state index is 13.1. The number of nitrogens with zero attached hydrogens (tertiary/aromatic N) is 2. The molecule has 1 fully saturated rings. The molecule has 4 aromatic carbocycles. The van der Waals surface area contributed by atoms with Crippen molar-refractivity contribution < 1.29 is 44.1 Å². The molecule has 3 N–H and O–H groups in total. The number of carbonyl (C=O) groups excluding carboxylic acids is 1. The van der Waals surface area contributed by atoms with Crippen LogP contribution in [0.1, 0.15) is 34.8 Å². The number of anilines is 2. The fourth-order valence-corrected chi connectivity index (χ4v) is 10.3. The van der Waals surface area contributed by atoms with Crippen molar-refractivity contribution in [2.24, 2.45) is 0 Å². The maximum Gasteiger partial charge on any atom is 0.320 e. The van der Waals surface area contributed by atoms with Crippen LogP contribution in [0.5, 0.6) is 0 Å².